The Balaban J connectivity index is 2.60. The number of hydrogen-bond acceptors (Lipinski definition) is 3. The van der Waals surface area contributed by atoms with Crippen molar-refractivity contribution < 1.29 is 0 Å². The molecule has 1 aromatic heterocycles. The summed E-state index contributed by atoms with van der Waals surface area (Å²) in [5, 5.41) is 0.881. The number of hydrogen-bond donors (Lipinski definition) is 0. The maximum atomic E-state index is 11.4. The molecular weight excluding hydrogens is 172 g/mol. The van der Waals surface area contributed by atoms with Gasteiger partial charge in [0.15, 0.2) is 5.16 Å². The number of fused-ring (bicyclic) bond motifs is 1. The summed E-state index contributed by atoms with van der Waals surface area (Å²) >= 11 is 1.67. The Morgan fingerprint density at radius 3 is 3.33 bits per heavy atom. The molecule has 12 heavy (non-hydrogen) atoms. The van der Waals surface area contributed by atoms with Gasteiger partial charge in [-0.2, -0.15) is 0 Å². The quantitative estimate of drug-likeness (QED) is 0.562. The van der Waals surface area contributed by atoms with Crippen LogP contribution >= 0.6 is 11.8 Å². The maximum Gasteiger partial charge on any atom is 0.254 e. The highest BCUT2D eigenvalue weighted by Gasteiger charge is 2.11. The van der Waals surface area contributed by atoms with E-state index in [-0.39, 0.29) is 5.56 Å². The molecule has 0 radical (unpaired) electrons. The van der Waals surface area contributed by atoms with E-state index in [1.54, 1.807) is 22.4 Å². The van der Waals surface area contributed by atoms with E-state index in [4.69, 9.17) is 0 Å². The minimum atomic E-state index is 0.0877. The molecule has 1 aliphatic rings. The summed E-state index contributed by atoms with van der Waals surface area (Å²) in [6.07, 6.45) is 1.07. The third kappa shape index (κ3) is 1.27. The predicted octanol–water partition coefficient (Wildman–Crippen LogP) is 1.05. The molecule has 2 heterocycles. The molecule has 0 spiro atoms. The summed E-state index contributed by atoms with van der Waals surface area (Å²) < 4.78 is 1.75. The highest BCUT2D eigenvalue weighted by atomic mass is 32.2. The van der Waals surface area contributed by atoms with E-state index in [0.29, 0.717) is 0 Å². The minimum Gasteiger partial charge on any atom is -0.288 e. The molecule has 0 saturated heterocycles. The van der Waals surface area contributed by atoms with Crippen LogP contribution in [0.25, 0.3) is 0 Å². The summed E-state index contributed by atoms with van der Waals surface area (Å²) in [4.78, 5) is 15.7. The molecule has 0 unspecified atom stereocenters. The van der Waals surface area contributed by atoms with Crippen molar-refractivity contribution in [2.24, 2.45) is 0 Å². The lowest BCUT2D eigenvalue weighted by Gasteiger charge is -2.15. The molecule has 0 saturated carbocycles. The van der Waals surface area contributed by atoms with Crippen molar-refractivity contribution in [3.05, 3.63) is 22.1 Å². The smallest absolute Gasteiger partial charge is 0.254 e. The Labute approximate surface area is 74.8 Å². The molecule has 0 aromatic carbocycles. The number of rotatable bonds is 0. The number of aryl methyl sites for hydroxylation is 1. The SMILES string of the molecule is Cc1cc(=O)n2c(n1)SCCC2. The fraction of sp³-hybridized carbons (Fsp3) is 0.500. The van der Waals surface area contributed by atoms with Crippen molar-refractivity contribution in [2.75, 3.05) is 5.75 Å². The standard InChI is InChI=1S/C8H10N2OS/c1-6-5-7(11)10-3-2-4-12-8(10)9-6/h5H,2-4H2,1H3. The van der Waals surface area contributed by atoms with Crippen LogP contribution in [0.15, 0.2) is 16.0 Å². The van der Waals surface area contributed by atoms with Crippen LogP contribution in [-0.4, -0.2) is 15.3 Å². The molecule has 0 N–H and O–H groups in total. The first kappa shape index (κ1) is 7.86. The van der Waals surface area contributed by atoms with Gasteiger partial charge in [0.1, 0.15) is 0 Å². The highest BCUT2D eigenvalue weighted by Crippen LogP contribution is 2.20. The molecule has 4 heteroatoms. The van der Waals surface area contributed by atoms with Crippen LogP contribution in [0.5, 0.6) is 0 Å². The Morgan fingerprint density at radius 2 is 2.50 bits per heavy atom. The van der Waals surface area contributed by atoms with Gasteiger partial charge in [0.25, 0.3) is 5.56 Å². The minimum absolute atomic E-state index is 0.0877. The van der Waals surface area contributed by atoms with Crippen LogP contribution in [0.1, 0.15) is 12.1 Å². The summed E-state index contributed by atoms with van der Waals surface area (Å²) in [7, 11) is 0. The molecule has 0 atom stereocenters. The largest absolute Gasteiger partial charge is 0.288 e. The summed E-state index contributed by atoms with van der Waals surface area (Å²) in [6, 6.07) is 1.59. The lowest BCUT2D eigenvalue weighted by atomic mass is 10.4. The Hall–Kier alpha value is -0.770. The summed E-state index contributed by atoms with van der Waals surface area (Å²) in [5.74, 6) is 1.08. The zero-order valence-electron chi connectivity index (χ0n) is 6.91. The van der Waals surface area contributed by atoms with Crippen LogP contribution in [0.2, 0.25) is 0 Å². The first-order valence-corrected chi connectivity index (χ1v) is 4.97. The van der Waals surface area contributed by atoms with Gasteiger partial charge in [-0.15, -0.1) is 0 Å². The van der Waals surface area contributed by atoms with Crippen LogP contribution in [0, 0.1) is 6.92 Å². The van der Waals surface area contributed by atoms with Gasteiger partial charge in [0.2, 0.25) is 0 Å². The number of nitrogens with zero attached hydrogens (tertiary/aromatic N) is 2. The van der Waals surface area contributed by atoms with Crippen molar-refractivity contribution in [1.82, 2.24) is 9.55 Å². The van der Waals surface area contributed by atoms with E-state index in [1.807, 2.05) is 6.92 Å². The van der Waals surface area contributed by atoms with Gasteiger partial charge >= 0.3 is 0 Å². The second-order valence-corrected chi connectivity index (χ2v) is 3.93. The van der Waals surface area contributed by atoms with Crippen molar-refractivity contribution in [3.63, 3.8) is 0 Å². The van der Waals surface area contributed by atoms with E-state index in [1.165, 1.54) is 0 Å². The Bertz CT molecular complexity index is 359. The number of aromatic nitrogens is 2. The monoisotopic (exact) mass is 182 g/mol. The van der Waals surface area contributed by atoms with E-state index in [2.05, 4.69) is 4.98 Å². The molecule has 0 fully saturated rings. The van der Waals surface area contributed by atoms with Gasteiger partial charge in [-0.25, -0.2) is 4.98 Å². The van der Waals surface area contributed by atoms with E-state index < -0.39 is 0 Å². The van der Waals surface area contributed by atoms with Crippen LogP contribution in [0.3, 0.4) is 0 Å². The lowest BCUT2D eigenvalue weighted by molar-refractivity contribution is 0.559. The summed E-state index contributed by atoms with van der Waals surface area (Å²) in [5.41, 5.74) is 0.908. The Morgan fingerprint density at radius 1 is 1.67 bits per heavy atom. The first-order chi connectivity index (χ1) is 5.77. The van der Waals surface area contributed by atoms with Crippen LogP contribution in [0.4, 0.5) is 0 Å². The third-order valence-electron chi connectivity index (χ3n) is 1.86. The molecule has 0 bridgehead atoms. The number of thioether (sulfide) groups is 1. The molecule has 0 aliphatic carbocycles. The molecule has 2 rings (SSSR count). The molecule has 0 amide bonds. The maximum absolute atomic E-state index is 11.4. The normalized spacial score (nSPS) is 15.8. The highest BCUT2D eigenvalue weighted by molar-refractivity contribution is 7.99. The van der Waals surface area contributed by atoms with Gasteiger partial charge < -0.3 is 0 Å². The first-order valence-electron chi connectivity index (χ1n) is 3.98. The van der Waals surface area contributed by atoms with Crippen LogP contribution < -0.4 is 5.56 Å². The van der Waals surface area contributed by atoms with Crippen molar-refractivity contribution in [3.8, 4) is 0 Å². The average Bonchev–Trinajstić information content (AvgIpc) is 2.04. The predicted molar refractivity (Wildman–Crippen MR) is 48.6 cm³/mol. The molecular formula is C8H10N2OS. The van der Waals surface area contributed by atoms with E-state index in [9.17, 15) is 4.79 Å². The van der Waals surface area contributed by atoms with Gasteiger partial charge in [0, 0.05) is 24.1 Å². The third-order valence-corrected chi connectivity index (χ3v) is 2.92. The van der Waals surface area contributed by atoms with Gasteiger partial charge in [-0.1, -0.05) is 11.8 Å². The van der Waals surface area contributed by atoms with Gasteiger partial charge in [-0.05, 0) is 13.3 Å². The van der Waals surface area contributed by atoms with Crippen molar-refractivity contribution in [1.29, 1.82) is 0 Å². The second kappa shape index (κ2) is 2.94. The van der Waals surface area contributed by atoms with E-state index >= 15 is 0 Å². The lowest BCUT2D eigenvalue weighted by Crippen LogP contribution is -2.25. The second-order valence-electron chi connectivity index (χ2n) is 2.87. The molecule has 64 valence electrons. The zero-order chi connectivity index (χ0) is 8.55. The Kier molecular flexibility index (Phi) is 1.92. The molecule has 1 aromatic rings. The fourth-order valence-corrected chi connectivity index (χ4v) is 2.30. The van der Waals surface area contributed by atoms with Crippen molar-refractivity contribution in [2.45, 2.75) is 25.0 Å². The van der Waals surface area contributed by atoms with Crippen LogP contribution in [-0.2, 0) is 6.54 Å². The topological polar surface area (TPSA) is 34.9 Å². The van der Waals surface area contributed by atoms with Gasteiger partial charge in [0.05, 0.1) is 0 Å². The van der Waals surface area contributed by atoms with E-state index in [0.717, 1.165) is 29.6 Å². The molecule has 1 aliphatic heterocycles. The zero-order valence-corrected chi connectivity index (χ0v) is 7.73. The van der Waals surface area contributed by atoms with Gasteiger partial charge in [-0.3, -0.25) is 9.36 Å². The fourth-order valence-electron chi connectivity index (χ4n) is 1.30. The molecule has 3 nitrogen and oxygen atoms in total. The summed E-state index contributed by atoms with van der Waals surface area (Å²) in [6.45, 7) is 2.69. The average molecular weight is 182 g/mol. The van der Waals surface area contributed by atoms with Crippen molar-refractivity contribution >= 4 is 11.8 Å².